The number of aromatic nitrogens is 3. The number of hydrogen-bond donors (Lipinski definition) is 1. The molecule has 1 amide bonds. The Balaban J connectivity index is 1.57. The average molecular weight is 569 g/mol. The molecule has 1 N–H and O–H groups in total. The zero-order chi connectivity index (χ0) is 28.8. The summed E-state index contributed by atoms with van der Waals surface area (Å²) in [5.41, 5.74) is 3.69. The van der Waals surface area contributed by atoms with E-state index in [0.717, 1.165) is 10.3 Å². The summed E-state index contributed by atoms with van der Waals surface area (Å²) in [5, 5.41) is 12.1. The summed E-state index contributed by atoms with van der Waals surface area (Å²) in [7, 11) is 0. The van der Waals surface area contributed by atoms with Gasteiger partial charge in [0.1, 0.15) is 22.8 Å². The monoisotopic (exact) mass is 568 g/mol. The molecule has 1 saturated heterocycles. The summed E-state index contributed by atoms with van der Waals surface area (Å²) >= 11 is 1.28. The standard InChI is InChI=1S/C31H28N4O5S/c1-5-39-20-11-7-10-19(15-20)26-24(27(36)25-18(4)34-14-8-9-17(3)29(34)33-25)28(37)30(38)35(26)31-32-22-13-12-21(40-6-2)16-23(22)41-31/h7-16,26,36H,5-6H2,1-4H3. The van der Waals surface area contributed by atoms with Gasteiger partial charge in [-0.15, -0.1) is 0 Å². The normalized spacial score (nSPS) is 16.7. The van der Waals surface area contributed by atoms with Crippen LogP contribution in [-0.4, -0.2) is 44.4 Å². The fraction of sp³-hybridized carbons (Fsp3) is 0.226. The molecule has 0 spiro atoms. The van der Waals surface area contributed by atoms with Gasteiger partial charge in [0.15, 0.2) is 10.9 Å². The van der Waals surface area contributed by atoms with Gasteiger partial charge in [0.25, 0.3) is 5.78 Å². The average Bonchev–Trinajstić information content (AvgIpc) is 3.61. The molecular formula is C31H28N4O5S. The number of thiazole rings is 1. The number of amides is 1. The number of aliphatic hydroxyl groups is 1. The van der Waals surface area contributed by atoms with Gasteiger partial charge in [-0.1, -0.05) is 29.5 Å². The number of aliphatic hydroxyl groups excluding tert-OH is 1. The van der Waals surface area contributed by atoms with E-state index in [9.17, 15) is 14.7 Å². The second-order valence-electron chi connectivity index (χ2n) is 9.66. The highest BCUT2D eigenvalue weighted by Gasteiger charge is 2.48. The van der Waals surface area contributed by atoms with Crippen molar-refractivity contribution in [1.82, 2.24) is 14.4 Å². The van der Waals surface area contributed by atoms with E-state index >= 15 is 0 Å². The number of aryl methyl sites for hydroxylation is 2. The van der Waals surface area contributed by atoms with Gasteiger partial charge in [0.05, 0.1) is 40.7 Å². The van der Waals surface area contributed by atoms with Crippen LogP contribution in [0.25, 0.3) is 21.6 Å². The molecule has 1 unspecified atom stereocenters. The Labute approximate surface area is 240 Å². The molecule has 1 fully saturated rings. The van der Waals surface area contributed by atoms with Crippen molar-refractivity contribution in [2.45, 2.75) is 33.7 Å². The van der Waals surface area contributed by atoms with Gasteiger partial charge in [0.2, 0.25) is 0 Å². The quantitative estimate of drug-likeness (QED) is 0.146. The third-order valence-electron chi connectivity index (χ3n) is 7.10. The lowest BCUT2D eigenvalue weighted by atomic mass is 9.96. The third kappa shape index (κ3) is 4.40. The predicted molar refractivity (Wildman–Crippen MR) is 158 cm³/mol. The predicted octanol–water partition coefficient (Wildman–Crippen LogP) is 5.98. The van der Waals surface area contributed by atoms with Crippen molar-refractivity contribution in [2.24, 2.45) is 0 Å². The van der Waals surface area contributed by atoms with Crippen LogP contribution < -0.4 is 14.4 Å². The van der Waals surface area contributed by atoms with Crippen LogP contribution in [0.4, 0.5) is 5.13 Å². The van der Waals surface area contributed by atoms with Crippen molar-refractivity contribution in [3.05, 3.63) is 88.9 Å². The van der Waals surface area contributed by atoms with E-state index in [1.165, 1.54) is 16.2 Å². The topological polar surface area (TPSA) is 106 Å². The van der Waals surface area contributed by atoms with Gasteiger partial charge in [-0.3, -0.25) is 14.5 Å². The van der Waals surface area contributed by atoms with Gasteiger partial charge in [-0.25, -0.2) is 9.97 Å². The maximum atomic E-state index is 13.7. The molecule has 208 valence electrons. The van der Waals surface area contributed by atoms with Crippen LogP contribution in [0.3, 0.4) is 0 Å². The first kappa shape index (κ1) is 26.5. The summed E-state index contributed by atoms with van der Waals surface area (Å²) in [5.74, 6) is -0.647. The molecule has 3 aromatic heterocycles. The van der Waals surface area contributed by atoms with Crippen molar-refractivity contribution in [2.75, 3.05) is 18.1 Å². The number of hydrogen-bond acceptors (Lipinski definition) is 8. The molecule has 1 aliphatic rings. The summed E-state index contributed by atoms with van der Waals surface area (Å²) in [6, 6.07) is 15.6. The lowest BCUT2D eigenvalue weighted by Crippen LogP contribution is -2.29. The molecule has 1 atom stereocenters. The largest absolute Gasteiger partial charge is 0.505 e. The molecule has 0 saturated carbocycles. The molecule has 1 aliphatic heterocycles. The highest BCUT2D eigenvalue weighted by molar-refractivity contribution is 7.22. The fourth-order valence-corrected chi connectivity index (χ4v) is 6.23. The first-order valence-electron chi connectivity index (χ1n) is 13.3. The van der Waals surface area contributed by atoms with E-state index in [2.05, 4.69) is 4.98 Å². The van der Waals surface area contributed by atoms with Gasteiger partial charge in [0, 0.05) is 6.20 Å². The molecule has 41 heavy (non-hydrogen) atoms. The number of nitrogens with zero attached hydrogens (tertiary/aromatic N) is 4. The Kier molecular flexibility index (Phi) is 6.70. The van der Waals surface area contributed by atoms with Crippen molar-refractivity contribution < 1.29 is 24.2 Å². The maximum absolute atomic E-state index is 13.7. The number of imidazole rings is 1. The van der Waals surface area contributed by atoms with Crippen molar-refractivity contribution >= 4 is 49.8 Å². The maximum Gasteiger partial charge on any atom is 0.301 e. The Morgan fingerprint density at radius 2 is 1.73 bits per heavy atom. The van der Waals surface area contributed by atoms with Crippen LogP contribution in [0.2, 0.25) is 0 Å². The lowest BCUT2D eigenvalue weighted by molar-refractivity contribution is -0.132. The van der Waals surface area contributed by atoms with E-state index < -0.39 is 17.7 Å². The number of carbonyl (C=O) groups is 2. The molecule has 10 heteroatoms. The molecule has 5 aromatic rings. The molecule has 4 heterocycles. The van der Waals surface area contributed by atoms with Crippen molar-refractivity contribution in [3.8, 4) is 11.5 Å². The van der Waals surface area contributed by atoms with Crippen molar-refractivity contribution in [3.63, 3.8) is 0 Å². The number of benzene rings is 2. The number of ether oxygens (including phenoxy) is 2. The fourth-order valence-electron chi connectivity index (χ4n) is 5.21. The zero-order valence-electron chi connectivity index (χ0n) is 23.0. The minimum absolute atomic E-state index is 0.0536. The molecule has 0 radical (unpaired) electrons. The van der Waals surface area contributed by atoms with Crippen LogP contribution >= 0.6 is 11.3 Å². The Morgan fingerprint density at radius 1 is 0.976 bits per heavy atom. The Hall–Kier alpha value is -4.70. The molecule has 2 aromatic carbocycles. The van der Waals surface area contributed by atoms with Gasteiger partial charge in [-0.05, 0) is 75.2 Å². The SMILES string of the molecule is CCOc1cccc(C2C(=C(O)c3nc4c(C)cccn4c3C)C(=O)C(=O)N2c2nc3ccc(OCC)cc3s2)c1. The summed E-state index contributed by atoms with van der Waals surface area (Å²) in [4.78, 5) is 38.2. The minimum Gasteiger partial charge on any atom is -0.505 e. The lowest BCUT2D eigenvalue weighted by Gasteiger charge is -2.23. The number of anilines is 1. The summed E-state index contributed by atoms with van der Waals surface area (Å²) in [6.07, 6.45) is 1.85. The Morgan fingerprint density at radius 3 is 2.46 bits per heavy atom. The number of carbonyl (C=O) groups excluding carboxylic acids is 2. The first-order chi connectivity index (χ1) is 19.8. The van der Waals surface area contributed by atoms with E-state index in [-0.39, 0.29) is 17.0 Å². The second-order valence-corrected chi connectivity index (χ2v) is 10.7. The molecule has 6 rings (SSSR count). The smallest absolute Gasteiger partial charge is 0.301 e. The molecule has 0 aliphatic carbocycles. The minimum atomic E-state index is -0.951. The second kappa shape index (κ2) is 10.4. The van der Waals surface area contributed by atoms with Gasteiger partial charge < -0.3 is 19.0 Å². The van der Waals surface area contributed by atoms with Gasteiger partial charge >= 0.3 is 5.91 Å². The van der Waals surface area contributed by atoms with Crippen LogP contribution in [-0.2, 0) is 9.59 Å². The third-order valence-corrected chi connectivity index (χ3v) is 8.12. The van der Waals surface area contributed by atoms with Crippen LogP contribution in [0.15, 0.2) is 66.4 Å². The number of fused-ring (bicyclic) bond motifs is 2. The summed E-state index contributed by atoms with van der Waals surface area (Å²) in [6.45, 7) is 8.49. The van der Waals surface area contributed by atoms with E-state index in [1.807, 2.05) is 68.6 Å². The number of rotatable bonds is 7. The highest BCUT2D eigenvalue weighted by atomic mass is 32.1. The van der Waals surface area contributed by atoms with E-state index in [1.54, 1.807) is 24.3 Å². The van der Waals surface area contributed by atoms with Crippen molar-refractivity contribution in [1.29, 1.82) is 0 Å². The van der Waals surface area contributed by atoms with E-state index in [0.29, 0.717) is 52.3 Å². The Bertz CT molecular complexity index is 1870. The highest BCUT2D eigenvalue weighted by Crippen LogP contribution is 2.45. The zero-order valence-corrected chi connectivity index (χ0v) is 23.9. The van der Waals surface area contributed by atoms with E-state index in [4.69, 9.17) is 14.5 Å². The van der Waals surface area contributed by atoms with Crippen LogP contribution in [0.1, 0.15) is 42.4 Å². The number of ketones is 1. The summed E-state index contributed by atoms with van der Waals surface area (Å²) < 4.78 is 14.0. The number of Topliss-reactive ketones (excluding diaryl/α,β-unsaturated/α-hetero) is 1. The van der Waals surface area contributed by atoms with Crippen LogP contribution in [0, 0.1) is 13.8 Å². The van der Waals surface area contributed by atoms with Gasteiger partial charge in [-0.2, -0.15) is 0 Å². The number of pyridine rings is 1. The molecule has 0 bridgehead atoms. The molecule has 9 nitrogen and oxygen atoms in total. The van der Waals surface area contributed by atoms with Crippen LogP contribution in [0.5, 0.6) is 11.5 Å². The molecular weight excluding hydrogens is 540 g/mol. The first-order valence-corrected chi connectivity index (χ1v) is 14.2.